The van der Waals surface area contributed by atoms with Gasteiger partial charge in [-0.2, -0.15) is 0 Å². The quantitative estimate of drug-likeness (QED) is 0.278. The van der Waals surface area contributed by atoms with Crippen LogP contribution >= 0.6 is 11.3 Å². The van der Waals surface area contributed by atoms with Crippen LogP contribution in [-0.4, -0.2) is 42.3 Å². The van der Waals surface area contributed by atoms with Crippen LogP contribution in [0.3, 0.4) is 0 Å². The molecule has 3 aromatic rings. The van der Waals surface area contributed by atoms with Crippen molar-refractivity contribution in [2.45, 2.75) is 70.8 Å². The second-order valence-electron chi connectivity index (χ2n) is 10.6. The van der Waals surface area contributed by atoms with E-state index in [-0.39, 0.29) is 18.1 Å². The van der Waals surface area contributed by atoms with E-state index in [4.69, 9.17) is 0 Å². The molecule has 1 amide bonds. The number of rotatable bonds is 9. The predicted molar refractivity (Wildman–Crippen MR) is 152 cm³/mol. The molecule has 1 aromatic heterocycles. The number of carbonyl (C=O) groups excluding carboxylic acids is 1. The average Bonchev–Trinajstić information content (AvgIpc) is 3.45. The van der Waals surface area contributed by atoms with E-state index in [0.717, 1.165) is 55.7 Å². The summed E-state index contributed by atoms with van der Waals surface area (Å²) in [7, 11) is 0. The van der Waals surface area contributed by atoms with Crippen molar-refractivity contribution in [1.29, 1.82) is 0 Å². The average molecular weight is 519 g/mol. The number of benzene rings is 2. The van der Waals surface area contributed by atoms with Crippen LogP contribution in [0.15, 0.2) is 48.5 Å². The lowest BCUT2D eigenvalue weighted by atomic mass is 10.0. The van der Waals surface area contributed by atoms with E-state index in [1.165, 1.54) is 20.9 Å². The van der Waals surface area contributed by atoms with Crippen molar-refractivity contribution in [2.24, 2.45) is 0 Å². The molecule has 1 aliphatic heterocycles. The summed E-state index contributed by atoms with van der Waals surface area (Å²) in [5, 5.41) is 23.4. The van der Waals surface area contributed by atoms with Crippen LogP contribution in [0.1, 0.15) is 64.2 Å². The molecule has 0 radical (unpaired) electrons. The van der Waals surface area contributed by atoms with Crippen LogP contribution in [0, 0.1) is 13.8 Å². The van der Waals surface area contributed by atoms with E-state index < -0.39 is 0 Å². The monoisotopic (exact) mass is 518 g/mol. The topological polar surface area (TPSA) is 85.4 Å². The Labute approximate surface area is 223 Å². The number of aryl methyl sites for hydroxylation is 2. The molecule has 1 aliphatic carbocycles. The van der Waals surface area contributed by atoms with Crippen LogP contribution in [0.2, 0.25) is 0 Å². The molecular formula is C30H38N4O2S. The molecule has 2 aliphatic rings. The fraction of sp³-hybridized carbons (Fsp3) is 0.433. The normalized spacial score (nSPS) is 20.4. The Kier molecular flexibility index (Phi) is 7.95. The van der Waals surface area contributed by atoms with Crippen molar-refractivity contribution in [3.63, 3.8) is 0 Å². The number of hydrogen-bond donors (Lipinski definition) is 5. The van der Waals surface area contributed by atoms with Gasteiger partial charge in [0.05, 0.1) is 18.2 Å². The van der Waals surface area contributed by atoms with E-state index in [1.807, 2.05) is 43.4 Å². The minimum absolute atomic E-state index is 0.0523. The van der Waals surface area contributed by atoms with E-state index >= 15 is 0 Å². The number of aliphatic hydroxyl groups is 1. The number of carbonyl (C=O) groups is 1. The zero-order chi connectivity index (χ0) is 25.9. The molecule has 37 heavy (non-hydrogen) atoms. The van der Waals surface area contributed by atoms with Crippen LogP contribution in [0.4, 0.5) is 5.69 Å². The zero-order valence-corrected chi connectivity index (χ0v) is 22.8. The fourth-order valence-corrected chi connectivity index (χ4v) is 6.32. The van der Waals surface area contributed by atoms with Crippen LogP contribution < -0.4 is 21.3 Å². The van der Waals surface area contributed by atoms with Gasteiger partial charge in [-0.25, -0.2) is 0 Å². The second kappa shape index (κ2) is 11.4. The summed E-state index contributed by atoms with van der Waals surface area (Å²) in [6, 6.07) is 17.5. The first-order valence-corrected chi connectivity index (χ1v) is 14.2. The van der Waals surface area contributed by atoms with Crippen molar-refractivity contribution in [1.82, 2.24) is 16.0 Å². The minimum atomic E-state index is -0.155. The first-order chi connectivity index (χ1) is 17.9. The zero-order valence-electron chi connectivity index (χ0n) is 21.9. The highest BCUT2D eigenvalue weighted by Gasteiger charge is 2.22. The first kappa shape index (κ1) is 25.9. The summed E-state index contributed by atoms with van der Waals surface area (Å²) < 4.78 is 0. The van der Waals surface area contributed by atoms with Gasteiger partial charge in [-0.1, -0.05) is 24.3 Å². The third-order valence-electron chi connectivity index (χ3n) is 7.57. The number of hydrogen-bond acceptors (Lipinski definition) is 6. The van der Waals surface area contributed by atoms with Crippen LogP contribution in [-0.2, 0) is 6.54 Å². The van der Waals surface area contributed by atoms with Gasteiger partial charge in [-0.3, -0.25) is 4.79 Å². The number of anilines is 1. The van der Waals surface area contributed by atoms with Gasteiger partial charge in [0, 0.05) is 46.7 Å². The predicted octanol–water partition coefficient (Wildman–Crippen LogP) is 4.91. The molecule has 2 heterocycles. The Bertz CT molecular complexity index is 1250. The maximum atomic E-state index is 13.2. The van der Waals surface area contributed by atoms with Crippen molar-refractivity contribution >= 4 is 22.9 Å². The Morgan fingerprint density at radius 1 is 1.08 bits per heavy atom. The molecule has 3 atom stereocenters. The maximum absolute atomic E-state index is 13.2. The molecule has 6 nitrogen and oxygen atoms in total. The second-order valence-corrected chi connectivity index (χ2v) is 11.8. The summed E-state index contributed by atoms with van der Waals surface area (Å²) in [4.78, 5) is 15.8. The van der Waals surface area contributed by atoms with E-state index in [1.54, 1.807) is 0 Å². The molecule has 196 valence electrons. The van der Waals surface area contributed by atoms with Gasteiger partial charge in [-0.15, -0.1) is 11.3 Å². The van der Waals surface area contributed by atoms with Gasteiger partial charge in [0.2, 0.25) is 0 Å². The highest BCUT2D eigenvalue weighted by molar-refractivity contribution is 7.15. The third kappa shape index (κ3) is 6.24. The molecule has 1 saturated carbocycles. The lowest BCUT2D eigenvalue weighted by Crippen LogP contribution is -2.51. The summed E-state index contributed by atoms with van der Waals surface area (Å²) >= 11 is 1.82. The molecular weight excluding hydrogens is 480 g/mol. The molecule has 5 rings (SSSR count). The Balaban J connectivity index is 1.25. The molecule has 0 unspecified atom stereocenters. The number of aliphatic hydroxyl groups excluding tert-OH is 1. The summed E-state index contributed by atoms with van der Waals surface area (Å²) in [5.41, 5.74) is 6.20. The fourth-order valence-electron chi connectivity index (χ4n) is 5.20. The van der Waals surface area contributed by atoms with E-state index in [0.29, 0.717) is 17.6 Å². The number of thiophene rings is 1. The molecule has 0 bridgehead atoms. The molecule has 5 N–H and O–H groups in total. The lowest BCUT2D eigenvalue weighted by Gasteiger charge is -2.29. The first-order valence-electron chi connectivity index (χ1n) is 13.4. The van der Waals surface area contributed by atoms with Gasteiger partial charge in [-0.05, 0) is 86.6 Å². The van der Waals surface area contributed by atoms with Gasteiger partial charge in [0.25, 0.3) is 5.91 Å². The SMILES string of the molecule is Cc1ccc(NC2CNC2)cc1C(=O)N[C@H](C)c1cccc(-c2sc(CN[C@H]3CC[C@@H](O)C3)cc2C)c1. The molecule has 2 aromatic carbocycles. The van der Waals surface area contributed by atoms with E-state index in [2.05, 4.69) is 58.5 Å². The smallest absolute Gasteiger partial charge is 0.252 e. The minimum Gasteiger partial charge on any atom is -0.393 e. The molecule has 2 fully saturated rings. The summed E-state index contributed by atoms with van der Waals surface area (Å²) in [6.07, 6.45) is 2.63. The Hall–Kier alpha value is -2.71. The Morgan fingerprint density at radius 3 is 2.65 bits per heavy atom. The number of amides is 1. The highest BCUT2D eigenvalue weighted by atomic mass is 32.1. The standard InChI is InChI=1S/C30H38N4O2S/c1-18-7-8-24(34-25-15-31-16-25)14-28(18)30(36)33-20(3)21-5-4-6-22(12-21)29-19(2)11-27(37-29)17-32-23-9-10-26(35)13-23/h4-8,11-12,14,20,23,25-26,31-32,34-35H,9-10,13,15-17H2,1-3H3,(H,33,36)/t20-,23+,26-/m1/s1. The molecule has 1 saturated heterocycles. The van der Waals surface area contributed by atoms with Gasteiger partial charge in [0.15, 0.2) is 0 Å². The van der Waals surface area contributed by atoms with Gasteiger partial charge in [0.1, 0.15) is 0 Å². The van der Waals surface area contributed by atoms with Crippen molar-refractivity contribution in [3.05, 3.63) is 75.7 Å². The Morgan fingerprint density at radius 2 is 1.92 bits per heavy atom. The van der Waals surface area contributed by atoms with Crippen molar-refractivity contribution < 1.29 is 9.90 Å². The van der Waals surface area contributed by atoms with Crippen molar-refractivity contribution in [3.8, 4) is 10.4 Å². The van der Waals surface area contributed by atoms with Crippen LogP contribution in [0.5, 0.6) is 0 Å². The lowest BCUT2D eigenvalue weighted by molar-refractivity contribution is 0.0939. The largest absolute Gasteiger partial charge is 0.393 e. The van der Waals surface area contributed by atoms with Gasteiger partial charge >= 0.3 is 0 Å². The highest BCUT2D eigenvalue weighted by Crippen LogP contribution is 2.34. The van der Waals surface area contributed by atoms with E-state index in [9.17, 15) is 9.90 Å². The summed E-state index contributed by atoms with van der Waals surface area (Å²) in [6.45, 7) is 8.93. The molecule has 0 spiro atoms. The summed E-state index contributed by atoms with van der Waals surface area (Å²) in [5.74, 6) is -0.0523. The maximum Gasteiger partial charge on any atom is 0.252 e. The number of nitrogens with one attached hydrogen (secondary N) is 4. The van der Waals surface area contributed by atoms with Crippen LogP contribution in [0.25, 0.3) is 10.4 Å². The van der Waals surface area contributed by atoms with Crippen molar-refractivity contribution in [2.75, 3.05) is 18.4 Å². The van der Waals surface area contributed by atoms with Gasteiger partial charge < -0.3 is 26.4 Å². The third-order valence-corrected chi connectivity index (χ3v) is 8.86. The molecule has 7 heteroatoms.